The van der Waals surface area contributed by atoms with Crippen molar-refractivity contribution in [2.75, 3.05) is 18.0 Å². The second kappa shape index (κ2) is 11.3. The molecule has 5 rings (SSSR count). The van der Waals surface area contributed by atoms with E-state index in [9.17, 15) is 18.3 Å². The van der Waals surface area contributed by atoms with Crippen LogP contribution in [0.4, 0.5) is 5.69 Å². The van der Waals surface area contributed by atoms with Crippen LogP contribution in [0.3, 0.4) is 0 Å². The molecule has 7 nitrogen and oxygen atoms in total. The van der Waals surface area contributed by atoms with Crippen LogP contribution in [0.15, 0.2) is 36.4 Å². The van der Waals surface area contributed by atoms with Gasteiger partial charge in [0.25, 0.3) is 5.91 Å². The molecule has 212 valence electrons. The fraction of sp³-hybridized carbons (Fsp3) is 0.567. The number of carbonyl (C=O) groups excluding carboxylic acids is 1. The molecular formula is C30H39ClN2O5S. The summed E-state index contributed by atoms with van der Waals surface area (Å²) in [5, 5.41) is 11.8. The fourth-order valence-electron chi connectivity index (χ4n) is 6.10. The molecule has 1 saturated carbocycles. The molecular weight excluding hydrogens is 536 g/mol. The molecule has 0 unspecified atom stereocenters. The molecule has 0 radical (unpaired) electrons. The quantitative estimate of drug-likeness (QED) is 0.433. The summed E-state index contributed by atoms with van der Waals surface area (Å²) in [4.78, 5) is 15.5. The average Bonchev–Trinajstić information content (AvgIpc) is 2.88. The number of fused-ring (bicyclic) bond motifs is 3. The van der Waals surface area contributed by atoms with E-state index in [1.54, 1.807) is 32.0 Å². The highest BCUT2D eigenvalue weighted by atomic mass is 35.5. The van der Waals surface area contributed by atoms with Gasteiger partial charge in [-0.3, -0.25) is 4.79 Å². The third kappa shape index (κ3) is 6.08. The first-order chi connectivity index (χ1) is 18.5. The molecule has 1 fully saturated rings. The van der Waals surface area contributed by atoms with Crippen molar-refractivity contribution < 1.29 is 23.1 Å². The van der Waals surface area contributed by atoms with Crippen LogP contribution < -0.4 is 14.4 Å². The van der Waals surface area contributed by atoms with E-state index in [1.807, 2.05) is 18.2 Å². The Kier molecular flexibility index (Phi) is 8.18. The first-order valence-electron chi connectivity index (χ1n) is 14.1. The van der Waals surface area contributed by atoms with Crippen molar-refractivity contribution in [3.05, 3.63) is 58.1 Å². The normalized spacial score (nSPS) is 27.1. The van der Waals surface area contributed by atoms with Crippen LogP contribution in [-0.4, -0.2) is 43.4 Å². The first-order valence-corrected chi connectivity index (χ1v) is 15.9. The van der Waals surface area contributed by atoms with Gasteiger partial charge in [0.15, 0.2) is 0 Å². The van der Waals surface area contributed by atoms with E-state index in [0.717, 1.165) is 56.4 Å². The van der Waals surface area contributed by atoms with Crippen molar-refractivity contribution in [2.24, 2.45) is 11.8 Å². The highest BCUT2D eigenvalue weighted by Gasteiger charge is 2.40. The lowest BCUT2D eigenvalue weighted by atomic mass is 9.69. The zero-order valence-electron chi connectivity index (χ0n) is 22.8. The Labute approximate surface area is 236 Å². The molecule has 3 aliphatic rings. The summed E-state index contributed by atoms with van der Waals surface area (Å²) >= 11 is 6.29. The number of nitrogens with zero attached hydrogens (tertiary/aromatic N) is 1. The molecule has 3 atom stereocenters. The number of halogens is 1. The number of hydrogen-bond donors (Lipinski definition) is 2. The van der Waals surface area contributed by atoms with Crippen molar-refractivity contribution >= 4 is 33.2 Å². The van der Waals surface area contributed by atoms with Gasteiger partial charge in [0.1, 0.15) is 12.4 Å². The van der Waals surface area contributed by atoms with Gasteiger partial charge in [0.05, 0.1) is 16.5 Å². The summed E-state index contributed by atoms with van der Waals surface area (Å²) in [6.45, 7) is 5.16. The molecule has 1 amide bonds. The van der Waals surface area contributed by atoms with E-state index in [2.05, 4.69) is 9.62 Å². The van der Waals surface area contributed by atoms with Gasteiger partial charge in [-0.05, 0) is 119 Å². The second-order valence-corrected chi connectivity index (χ2v) is 14.7. The maximum absolute atomic E-state index is 13.2. The summed E-state index contributed by atoms with van der Waals surface area (Å²) in [6.07, 6.45) is 5.85. The van der Waals surface area contributed by atoms with Crippen molar-refractivity contribution in [3.63, 3.8) is 0 Å². The van der Waals surface area contributed by atoms with Crippen molar-refractivity contribution in [1.82, 2.24) is 4.72 Å². The second-order valence-electron chi connectivity index (χ2n) is 11.9. The molecule has 1 aliphatic carbocycles. The average molecular weight is 575 g/mol. The van der Waals surface area contributed by atoms with E-state index in [1.165, 1.54) is 5.56 Å². The van der Waals surface area contributed by atoms with E-state index in [-0.39, 0.29) is 11.5 Å². The molecule has 0 spiro atoms. The van der Waals surface area contributed by atoms with Crippen LogP contribution in [0.2, 0.25) is 5.02 Å². The number of benzene rings is 2. The van der Waals surface area contributed by atoms with Crippen LogP contribution in [0.25, 0.3) is 0 Å². The molecule has 2 aromatic rings. The van der Waals surface area contributed by atoms with E-state index < -0.39 is 26.8 Å². The maximum Gasteiger partial charge on any atom is 0.264 e. The molecule has 2 aliphatic heterocycles. The Balaban J connectivity index is 1.54. The largest absolute Gasteiger partial charge is 0.487 e. The smallest absolute Gasteiger partial charge is 0.264 e. The lowest BCUT2D eigenvalue weighted by molar-refractivity contribution is 0.00910. The minimum absolute atomic E-state index is 0.187. The summed E-state index contributed by atoms with van der Waals surface area (Å²) < 4.78 is 33.9. The van der Waals surface area contributed by atoms with Crippen LogP contribution in [-0.2, 0) is 23.1 Å². The van der Waals surface area contributed by atoms with Gasteiger partial charge >= 0.3 is 0 Å². The Morgan fingerprint density at radius 2 is 1.87 bits per heavy atom. The van der Waals surface area contributed by atoms with Crippen molar-refractivity contribution in [1.29, 1.82) is 0 Å². The Morgan fingerprint density at radius 3 is 2.64 bits per heavy atom. The molecule has 2 N–H and O–H groups in total. The van der Waals surface area contributed by atoms with Crippen LogP contribution >= 0.6 is 11.6 Å². The van der Waals surface area contributed by atoms with E-state index in [0.29, 0.717) is 42.6 Å². The summed E-state index contributed by atoms with van der Waals surface area (Å²) in [5.41, 5.74) is 3.32. The lowest BCUT2D eigenvalue weighted by Gasteiger charge is -2.43. The van der Waals surface area contributed by atoms with Crippen molar-refractivity contribution in [2.45, 2.75) is 82.7 Å². The number of rotatable bonds is 0. The molecule has 2 bridgehead atoms. The minimum atomic E-state index is -3.94. The zero-order valence-corrected chi connectivity index (χ0v) is 24.4. The zero-order chi connectivity index (χ0) is 27.8. The topological polar surface area (TPSA) is 95.9 Å². The molecule has 0 aromatic heterocycles. The maximum atomic E-state index is 13.2. The predicted octanol–water partition coefficient (Wildman–Crippen LogP) is 5.47. The Morgan fingerprint density at radius 1 is 1.05 bits per heavy atom. The van der Waals surface area contributed by atoms with Gasteiger partial charge in [-0.25, -0.2) is 13.1 Å². The number of nitrogens with one attached hydrogen (secondary N) is 1. The van der Waals surface area contributed by atoms with E-state index in [4.69, 9.17) is 16.3 Å². The van der Waals surface area contributed by atoms with Crippen LogP contribution in [0.1, 0.15) is 80.3 Å². The fourth-order valence-corrected chi connectivity index (χ4v) is 7.34. The summed E-state index contributed by atoms with van der Waals surface area (Å²) in [7, 11) is -3.94. The monoisotopic (exact) mass is 574 g/mol. The van der Waals surface area contributed by atoms with Crippen LogP contribution in [0.5, 0.6) is 5.75 Å². The third-order valence-electron chi connectivity index (χ3n) is 8.90. The highest BCUT2D eigenvalue weighted by Crippen LogP contribution is 2.42. The first kappa shape index (κ1) is 28.2. The lowest BCUT2D eigenvalue weighted by Crippen LogP contribution is -2.44. The number of ether oxygens (including phenoxy) is 1. The summed E-state index contributed by atoms with van der Waals surface area (Å²) in [5.74, 6) is 0.523. The Bertz CT molecular complexity index is 1330. The number of amides is 1. The molecule has 2 aromatic carbocycles. The minimum Gasteiger partial charge on any atom is -0.487 e. The van der Waals surface area contributed by atoms with E-state index >= 15 is 0 Å². The number of aliphatic hydroxyl groups is 1. The predicted molar refractivity (Wildman–Crippen MR) is 154 cm³/mol. The van der Waals surface area contributed by atoms with Gasteiger partial charge in [0.2, 0.25) is 10.0 Å². The number of aryl methyl sites for hydroxylation is 1. The number of aliphatic hydroxyl groups excluding tert-OH is 1. The van der Waals surface area contributed by atoms with Gasteiger partial charge in [-0.15, -0.1) is 0 Å². The van der Waals surface area contributed by atoms with Gasteiger partial charge in [0, 0.05) is 23.7 Å². The van der Waals surface area contributed by atoms with Gasteiger partial charge in [-0.2, -0.15) is 0 Å². The third-order valence-corrected chi connectivity index (χ3v) is 11.2. The van der Waals surface area contributed by atoms with Crippen LogP contribution in [0, 0.1) is 11.8 Å². The summed E-state index contributed by atoms with van der Waals surface area (Å²) in [6, 6.07) is 11.1. The molecule has 0 saturated heterocycles. The number of carbonyl (C=O) groups is 1. The number of hydrogen-bond acceptors (Lipinski definition) is 6. The van der Waals surface area contributed by atoms with Gasteiger partial charge in [-0.1, -0.05) is 17.7 Å². The van der Waals surface area contributed by atoms with Gasteiger partial charge < -0.3 is 14.7 Å². The molecule has 2 heterocycles. The highest BCUT2D eigenvalue weighted by molar-refractivity contribution is 7.91. The number of sulfonamides is 1. The van der Waals surface area contributed by atoms with Crippen molar-refractivity contribution in [3.8, 4) is 5.75 Å². The SMILES string of the molecule is CC1(C)CCC[C@H](O)[C@@H]2CC[C@H]2CN2CCCCc3cc(Cl)ccc3COc3ccc(cc32)C(=O)NS1(=O)=O. The molecule has 39 heavy (non-hydrogen) atoms. The molecule has 9 heteroatoms. The number of anilines is 1. The Hall–Kier alpha value is -2.29. The standard InChI is InChI=1S/C30H39ClN2O5S/c1-30(2)14-5-7-27(34)25-12-9-22(25)18-33-15-4-3-6-20-16-24(31)11-8-23(20)19-38-28-13-10-21(17-26(28)33)29(35)32-39(30,36)37/h8,10-11,13,16-17,22,25,27,34H,3-7,9,12,14-15,18-19H2,1-2H3,(H,32,35)/t22-,25+,27-/m0/s1.